The smallest absolute Gasteiger partial charge is 0.194 e. The monoisotopic (exact) mass is 281 g/mol. The highest BCUT2D eigenvalue weighted by Gasteiger charge is 2.16. The number of halogens is 3. The van der Waals surface area contributed by atoms with E-state index in [0.29, 0.717) is 0 Å². The van der Waals surface area contributed by atoms with Crippen LogP contribution >= 0.6 is 11.6 Å². The molecule has 2 aromatic rings. The maximum atomic E-state index is 13.3. The molecule has 2 rings (SSSR count). The Hall–Kier alpha value is -1.94. The van der Waals surface area contributed by atoms with Crippen LogP contribution in [0.4, 0.5) is 14.5 Å². The molecule has 0 saturated heterocycles. The molecule has 0 amide bonds. The van der Waals surface area contributed by atoms with Gasteiger partial charge < -0.3 is 5.73 Å². The molecule has 0 radical (unpaired) electrons. The van der Waals surface area contributed by atoms with Gasteiger partial charge in [0.15, 0.2) is 5.78 Å². The van der Waals surface area contributed by atoms with Gasteiger partial charge in [-0.05, 0) is 42.8 Å². The summed E-state index contributed by atoms with van der Waals surface area (Å²) in [6, 6.07) is 5.91. The highest BCUT2D eigenvalue weighted by Crippen LogP contribution is 2.24. The van der Waals surface area contributed by atoms with E-state index >= 15 is 0 Å². The average Bonchev–Trinajstić information content (AvgIpc) is 2.31. The van der Waals surface area contributed by atoms with E-state index in [2.05, 4.69) is 0 Å². The molecule has 5 heteroatoms. The molecule has 0 atom stereocenters. The molecule has 0 aromatic heterocycles. The lowest BCUT2D eigenvalue weighted by atomic mass is 10.0. The summed E-state index contributed by atoms with van der Waals surface area (Å²) in [6.07, 6.45) is 0. The van der Waals surface area contributed by atoms with E-state index < -0.39 is 17.4 Å². The van der Waals surface area contributed by atoms with Crippen molar-refractivity contribution >= 4 is 23.1 Å². The molecular weight excluding hydrogens is 272 g/mol. The number of ketones is 1. The van der Waals surface area contributed by atoms with Crippen molar-refractivity contribution < 1.29 is 13.6 Å². The second-order valence-corrected chi connectivity index (χ2v) is 4.59. The Labute approximate surface area is 113 Å². The summed E-state index contributed by atoms with van der Waals surface area (Å²) in [5.41, 5.74) is 6.10. The first-order valence-electron chi connectivity index (χ1n) is 5.45. The predicted molar refractivity (Wildman–Crippen MR) is 70.4 cm³/mol. The van der Waals surface area contributed by atoms with Crippen LogP contribution in [-0.4, -0.2) is 5.78 Å². The molecule has 2 N–H and O–H groups in total. The number of carbonyl (C=O) groups excluding carboxylic acids is 1. The fourth-order valence-corrected chi connectivity index (χ4v) is 1.97. The zero-order valence-electron chi connectivity index (χ0n) is 10.0. The summed E-state index contributed by atoms with van der Waals surface area (Å²) < 4.78 is 26.5. The minimum atomic E-state index is -0.613. The normalized spacial score (nSPS) is 10.5. The lowest BCUT2D eigenvalue weighted by molar-refractivity contribution is 0.103. The highest BCUT2D eigenvalue weighted by atomic mass is 35.5. The van der Waals surface area contributed by atoms with E-state index in [1.807, 2.05) is 0 Å². The Kier molecular flexibility index (Phi) is 3.53. The molecule has 0 unspecified atom stereocenters. The largest absolute Gasteiger partial charge is 0.399 e. The van der Waals surface area contributed by atoms with Gasteiger partial charge in [0.25, 0.3) is 0 Å². The third-order valence-corrected chi connectivity index (χ3v) is 2.99. The van der Waals surface area contributed by atoms with Crippen LogP contribution < -0.4 is 5.73 Å². The van der Waals surface area contributed by atoms with Gasteiger partial charge in [0.05, 0.1) is 5.02 Å². The summed E-state index contributed by atoms with van der Waals surface area (Å²) >= 11 is 5.84. The molecule has 0 spiro atoms. The van der Waals surface area contributed by atoms with Crippen LogP contribution in [0.2, 0.25) is 5.02 Å². The van der Waals surface area contributed by atoms with Gasteiger partial charge in [0, 0.05) is 16.8 Å². The fraction of sp³-hybridized carbons (Fsp3) is 0.0714. The second kappa shape index (κ2) is 4.97. The second-order valence-electron chi connectivity index (χ2n) is 4.18. The first-order valence-corrected chi connectivity index (χ1v) is 5.82. The van der Waals surface area contributed by atoms with Crippen LogP contribution in [0, 0.1) is 18.6 Å². The quantitative estimate of drug-likeness (QED) is 0.673. The van der Waals surface area contributed by atoms with E-state index in [9.17, 15) is 13.6 Å². The number of rotatable bonds is 2. The van der Waals surface area contributed by atoms with E-state index in [0.717, 1.165) is 18.2 Å². The molecule has 19 heavy (non-hydrogen) atoms. The van der Waals surface area contributed by atoms with E-state index in [1.54, 1.807) is 0 Å². The lowest BCUT2D eigenvalue weighted by Gasteiger charge is -2.07. The summed E-state index contributed by atoms with van der Waals surface area (Å²) in [4.78, 5) is 12.2. The summed E-state index contributed by atoms with van der Waals surface area (Å²) in [5.74, 6) is -1.61. The average molecular weight is 282 g/mol. The number of aryl methyl sites for hydroxylation is 1. The Bertz CT molecular complexity index is 650. The van der Waals surface area contributed by atoms with Crippen molar-refractivity contribution in [2.75, 3.05) is 5.73 Å². The van der Waals surface area contributed by atoms with Crippen molar-refractivity contribution in [1.29, 1.82) is 0 Å². The van der Waals surface area contributed by atoms with Gasteiger partial charge in [0.1, 0.15) is 11.6 Å². The number of anilines is 1. The maximum Gasteiger partial charge on any atom is 0.194 e. The number of nitrogens with two attached hydrogens (primary N) is 1. The number of hydrogen-bond donors (Lipinski definition) is 1. The zero-order valence-corrected chi connectivity index (χ0v) is 10.8. The molecular formula is C14H10ClF2NO. The first kappa shape index (κ1) is 13.5. The fourth-order valence-electron chi connectivity index (χ4n) is 1.73. The van der Waals surface area contributed by atoms with Gasteiger partial charge in [-0.25, -0.2) is 8.78 Å². The number of carbonyl (C=O) groups is 1. The molecule has 2 nitrogen and oxygen atoms in total. The molecule has 0 heterocycles. The zero-order chi connectivity index (χ0) is 14.2. The molecule has 98 valence electrons. The van der Waals surface area contributed by atoms with Gasteiger partial charge in [-0.3, -0.25) is 4.79 Å². The third kappa shape index (κ3) is 2.74. The van der Waals surface area contributed by atoms with Crippen molar-refractivity contribution in [2.45, 2.75) is 6.92 Å². The van der Waals surface area contributed by atoms with Gasteiger partial charge in [-0.15, -0.1) is 0 Å². The van der Waals surface area contributed by atoms with Crippen molar-refractivity contribution in [3.8, 4) is 0 Å². The van der Waals surface area contributed by atoms with Crippen LogP contribution in [0.25, 0.3) is 0 Å². The summed E-state index contributed by atoms with van der Waals surface area (Å²) in [5, 5.41) is -0.0177. The molecule has 2 aromatic carbocycles. The van der Waals surface area contributed by atoms with Crippen LogP contribution in [0.3, 0.4) is 0 Å². The Balaban J connectivity index is 2.53. The molecule has 0 fully saturated rings. The third-order valence-electron chi connectivity index (χ3n) is 2.68. The van der Waals surface area contributed by atoms with Crippen LogP contribution in [-0.2, 0) is 0 Å². The first-order chi connectivity index (χ1) is 8.88. The van der Waals surface area contributed by atoms with Crippen LogP contribution in [0.1, 0.15) is 21.5 Å². The SMILES string of the molecule is Cc1cc(C(=O)c2cc(N)cc(F)c2)c(Cl)cc1F. The minimum Gasteiger partial charge on any atom is -0.399 e. The van der Waals surface area contributed by atoms with Gasteiger partial charge in [-0.2, -0.15) is 0 Å². The summed E-state index contributed by atoms with van der Waals surface area (Å²) in [6.45, 7) is 1.52. The maximum absolute atomic E-state index is 13.3. The van der Waals surface area contributed by atoms with Crippen molar-refractivity contribution in [3.63, 3.8) is 0 Å². The highest BCUT2D eigenvalue weighted by molar-refractivity contribution is 6.35. The van der Waals surface area contributed by atoms with Crippen molar-refractivity contribution in [3.05, 3.63) is 63.7 Å². The van der Waals surface area contributed by atoms with E-state index in [1.165, 1.54) is 19.1 Å². The lowest BCUT2D eigenvalue weighted by Crippen LogP contribution is -2.05. The minimum absolute atomic E-state index is 0.0177. The molecule has 0 aliphatic heterocycles. The topological polar surface area (TPSA) is 43.1 Å². The van der Waals surface area contributed by atoms with E-state index in [4.69, 9.17) is 17.3 Å². The van der Waals surface area contributed by atoms with Crippen LogP contribution in [0.5, 0.6) is 0 Å². The van der Waals surface area contributed by atoms with Gasteiger partial charge >= 0.3 is 0 Å². The molecule has 0 saturated carbocycles. The van der Waals surface area contributed by atoms with Crippen LogP contribution in [0.15, 0.2) is 30.3 Å². The predicted octanol–water partition coefficient (Wildman–Crippen LogP) is 3.74. The summed E-state index contributed by atoms with van der Waals surface area (Å²) in [7, 11) is 0. The van der Waals surface area contributed by atoms with E-state index in [-0.39, 0.29) is 27.4 Å². The molecule has 0 bridgehead atoms. The Morgan fingerprint density at radius 2 is 1.84 bits per heavy atom. The number of nitrogen functional groups attached to an aromatic ring is 1. The Morgan fingerprint density at radius 3 is 2.47 bits per heavy atom. The Morgan fingerprint density at radius 1 is 1.16 bits per heavy atom. The van der Waals surface area contributed by atoms with Gasteiger partial charge in [-0.1, -0.05) is 11.6 Å². The molecule has 0 aliphatic carbocycles. The standard InChI is InChI=1S/C14H10ClF2NO/c1-7-2-11(12(15)6-13(7)17)14(19)8-3-9(16)5-10(18)4-8/h2-6H,18H2,1H3. The van der Waals surface area contributed by atoms with Crippen molar-refractivity contribution in [2.24, 2.45) is 0 Å². The number of hydrogen-bond acceptors (Lipinski definition) is 2. The molecule has 0 aliphatic rings. The van der Waals surface area contributed by atoms with Crippen molar-refractivity contribution in [1.82, 2.24) is 0 Å². The van der Waals surface area contributed by atoms with Gasteiger partial charge in [0.2, 0.25) is 0 Å². The number of benzene rings is 2.